The summed E-state index contributed by atoms with van der Waals surface area (Å²) in [5.41, 5.74) is 2.90. The summed E-state index contributed by atoms with van der Waals surface area (Å²) in [7, 11) is 0. The highest BCUT2D eigenvalue weighted by molar-refractivity contribution is 9.10. The van der Waals surface area contributed by atoms with Gasteiger partial charge in [-0.25, -0.2) is 9.97 Å². The molecule has 0 atom stereocenters. The summed E-state index contributed by atoms with van der Waals surface area (Å²) in [6.07, 6.45) is 1.57. The highest BCUT2D eigenvalue weighted by Gasteiger charge is 2.10. The van der Waals surface area contributed by atoms with Crippen molar-refractivity contribution in [3.63, 3.8) is 0 Å². The Labute approximate surface area is 165 Å². The van der Waals surface area contributed by atoms with E-state index in [4.69, 9.17) is 23.2 Å². The zero-order valence-corrected chi connectivity index (χ0v) is 16.5. The minimum Gasteiger partial charge on any atom is -0.369 e. The maximum absolute atomic E-state index is 5.93. The Morgan fingerprint density at radius 1 is 1.00 bits per heavy atom. The van der Waals surface area contributed by atoms with Crippen LogP contribution in [0.4, 0.5) is 17.2 Å². The summed E-state index contributed by atoms with van der Waals surface area (Å²) >= 11 is 15.3. The monoisotopic (exact) mass is 438 g/mol. The molecular weight excluding hydrogens is 423 g/mol. The molecule has 0 aliphatic rings. The van der Waals surface area contributed by atoms with E-state index in [0.29, 0.717) is 11.8 Å². The van der Waals surface area contributed by atoms with Gasteiger partial charge in [-0.1, -0.05) is 22.0 Å². The van der Waals surface area contributed by atoms with Gasteiger partial charge in [0.1, 0.15) is 12.1 Å². The van der Waals surface area contributed by atoms with Crippen LogP contribution in [0.2, 0.25) is 0 Å². The smallest absolute Gasteiger partial charge is 0.141 e. The minimum absolute atomic E-state index is 0.545. The van der Waals surface area contributed by atoms with Crippen molar-refractivity contribution in [2.75, 3.05) is 35.1 Å². The van der Waals surface area contributed by atoms with Crippen LogP contribution in [0.25, 0.3) is 10.9 Å². The average molecular weight is 440 g/mol. The third kappa shape index (κ3) is 4.54. The zero-order valence-electron chi connectivity index (χ0n) is 13.4. The normalized spacial score (nSPS) is 10.8. The van der Waals surface area contributed by atoms with Gasteiger partial charge in [0, 0.05) is 46.1 Å². The third-order valence-electron chi connectivity index (χ3n) is 3.78. The quantitative estimate of drug-likeness (QED) is 0.499. The first-order valence-electron chi connectivity index (χ1n) is 7.85. The molecule has 0 saturated heterocycles. The number of halogens is 3. The van der Waals surface area contributed by atoms with Crippen molar-refractivity contribution in [1.82, 2.24) is 9.97 Å². The molecule has 0 fully saturated rings. The molecule has 7 heteroatoms. The van der Waals surface area contributed by atoms with Crippen molar-refractivity contribution in [2.24, 2.45) is 0 Å². The van der Waals surface area contributed by atoms with E-state index in [1.165, 1.54) is 0 Å². The van der Waals surface area contributed by atoms with Gasteiger partial charge in [-0.15, -0.1) is 23.2 Å². The van der Waals surface area contributed by atoms with Gasteiger partial charge in [0.15, 0.2) is 0 Å². The molecule has 0 radical (unpaired) electrons. The first-order valence-corrected chi connectivity index (χ1v) is 9.71. The van der Waals surface area contributed by atoms with Crippen LogP contribution in [-0.2, 0) is 0 Å². The van der Waals surface area contributed by atoms with E-state index in [1.54, 1.807) is 6.33 Å². The van der Waals surface area contributed by atoms with Crippen molar-refractivity contribution >= 4 is 67.2 Å². The molecule has 0 unspecified atom stereocenters. The van der Waals surface area contributed by atoms with Crippen LogP contribution in [-0.4, -0.2) is 34.8 Å². The Morgan fingerprint density at radius 3 is 2.52 bits per heavy atom. The number of alkyl halides is 2. The summed E-state index contributed by atoms with van der Waals surface area (Å²) in [5, 5.41) is 4.32. The van der Waals surface area contributed by atoms with E-state index in [1.807, 2.05) is 36.4 Å². The Balaban J connectivity index is 1.99. The molecule has 1 aromatic heterocycles. The lowest BCUT2D eigenvalue weighted by Crippen LogP contribution is -2.27. The zero-order chi connectivity index (χ0) is 17.6. The Hall–Kier alpha value is -1.56. The van der Waals surface area contributed by atoms with E-state index >= 15 is 0 Å². The van der Waals surface area contributed by atoms with Gasteiger partial charge in [-0.2, -0.15) is 0 Å². The van der Waals surface area contributed by atoms with E-state index in [2.05, 4.69) is 42.2 Å². The predicted molar refractivity (Wildman–Crippen MR) is 111 cm³/mol. The molecule has 0 aliphatic carbocycles. The molecule has 2 aromatic carbocycles. The second-order valence-electron chi connectivity index (χ2n) is 5.42. The molecule has 1 N–H and O–H groups in total. The van der Waals surface area contributed by atoms with Gasteiger partial charge in [-0.05, 0) is 36.4 Å². The molecule has 3 aromatic rings. The molecular formula is C18H17BrCl2N4. The topological polar surface area (TPSA) is 41.1 Å². The molecule has 25 heavy (non-hydrogen) atoms. The van der Waals surface area contributed by atoms with Gasteiger partial charge in [0.25, 0.3) is 0 Å². The van der Waals surface area contributed by atoms with Crippen LogP contribution in [0.1, 0.15) is 0 Å². The van der Waals surface area contributed by atoms with Crippen molar-refractivity contribution in [3.8, 4) is 0 Å². The van der Waals surface area contributed by atoms with Gasteiger partial charge in [0.2, 0.25) is 0 Å². The fourth-order valence-electron chi connectivity index (χ4n) is 2.62. The Kier molecular flexibility index (Phi) is 6.34. The number of aromatic nitrogens is 2. The lowest BCUT2D eigenvalue weighted by atomic mass is 10.2. The highest BCUT2D eigenvalue weighted by Crippen LogP contribution is 2.28. The maximum atomic E-state index is 5.93. The van der Waals surface area contributed by atoms with Crippen molar-refractivity contribution < 1.29 is 0 Å². The second-order valence-corrected chi connectivity index (χ2v) is 7.10. The summed E-state index contributed by atoms with van der Waals surface area (Å²) in [5.74, 6) is 1.86. The van der Waals surface area contributed by atoms with Gasteiger partial charge in [0.05, 0.1) is 5.52 Å². The first-order chi connectivity index (χ1) is 12.2. The molecule has 0 spiro atoms. The lowest BCUT2D eigenvalue weighted by Gasteiger charge is -2.23. The maximum Gasteiger partial charge on any atom is 0.141 e. The number of nitrogens with zero attached hydrogens (tertiary/aromatic N) is 3. The molecule has 0 amide bonds. The van der Waals surface area contributed by atoms with Gasteiger partial charge in [-0.3, -0.25) is 0 Å². The van der Waals surface area contributed by atoms with E-state index < -0.39 is 0 Å². The fraction of sp³-hybridized carbons (Fsp3) is 0.222. The summed E-state index contributed by atoms with van der Waals surface area (Å²) in [6.45, 7) is 1.48. The van der Waals surface area contributed by atoms with Gasteiger partial charge >= 0.3 is 0 Å². The van der Waals surface area contributed by atoms with Crippen molar-refractivity contribution in [3.05, 3.63) is 53.3 Å². The predicted octanol–water partition coefficient (Wildman–Crippen LogP) is 5.42. The number of nitrogens with one attached hydrogen (secondary N) is 1. The number of hydrogen-bond acceptors (Lipinski definition) is 4. The van der Waals surface area contributed by atoms with Crippen LogP contribution < -0.4 is 10.2 Å². The van der Waals surface area contributed by atoms with Crippen molar-refractivity contribution in [2.45, 2.75) is 0 Å². The van der Waals surface area contributed by atoms with Crippen LogP contribution >= 0.6 is 39.1 Å². The highest BCUT2D eigenvalue weighted by atomic mass is 79.9. The lowest BCUT2D eigenvalue weighted by molar-refractivity contribution is 0.875. The Morgan fingerprint density at radius 2 is 1.80 bits per heavy atom. The van der Waals surface area contributed by atoms with Crippen LogP contribution in [0.3, 0.4) is 0 Å². The largest absolute Gasteiger partial charge is 0.369 e. The number of fused-ring (bicyclic) bond motifs is 1. The first kappa shape index (κ1) is 18.2. The number of benzene rings is 2. The minimum atomic E-state index is 0.545. The molecule has 0 aliphatic heterocycles. The number of hydrogen-bond donors (Lipinski definition) is 1. The van der Waals surface area contributed by atoms with E-state index in [0.717, 1.165) is 45.7 Å². The van der Waals surface area contributed by atoms with E-state index in [9.17, 15) is 0 Å². The van der Waals surface area contributed by atoms with Crippen molar-refractivity contribution in [1.29, 1.82) is 0 Å². The molecule has 130 valence electrons. The van der Waals surface area contributed by atoms with E-state index in [-0.39, 0.29) is 0 Å². The second kappa shape index (κ2) is 8.70. The van der Waals surface area contributed by atoms with Crippen LogP contribution in [0.15, 0.2) is 53.3 Å². The summed E-state index contributed by atoms with van der Waals surface area (Å²) < 4.78 is 1.01. The fourth-order valence-corrected chi connectivity index (χ4v) is 3.43. The average Bonchev–Trinajstić information content (AvgIpc) is 2.62. The summed E-state index contributed by atoms with van der Waals surface area (Å²) in [6, 6.07) is 14.1. The number of rotatable bonds is 7. The molecule has 1 heterocycles. The third-order valence-corrected chi connectivity index (χ3v) is 4.61. The van der Waals surface area contributed by atoms with Gasteiger partial charge < -0.3 is 10.2 Å². The molecule has 4 nitrogen and oxygen atoms in total. The molecule has 3 rings (SSSR count). The standard InChI is InChI=1S/C18H17BrCl2N4/c19-13-2-1-3-14(10-13)24-18-16-11-15(25(8-6-20)9-7-21)4-5-17(16)22-12-23-18/h1-5,10-12H,6-9H2,(H,22,23,24). The number of anilines is 3. The summed E-state index contributed by atoms with van der Waals surface area (Å²) in [4.78, 5) is 10.9. The molecule has 0 saturated carbocycles. The SMILES string of the molecule is ClCCN(CCCl)c1ccc2ncnc(Nc3cccc(Br)c3)c2c1. The molecule has 0 bridgehead atoms. The van der Waals surface area contributed by atoms with Crippen LogP contribution in [0.5, 0.6) is 0 Å². The Bertz CT molecular complexity index is 853. The van der Waals surface area contributed by atoms with Crippen LogP contribution in [0, 0.1) is 0 Å².